The molecule has 0 unspecified atom stereocenters. The van der Waals surface area contributed by atoms with Crippen molar-refractivity contribution in [3.05, 3.63) is 17.0 Å². The molecule has 112 valence electrons. The molecule has 0 N–H and O–H groups in total. The SMILES string of the molecule is CC(C)CN1/C(=N/c2ccc(C#N)s2)SCC12CCCC2. The molecule has 21 heavy (non-hydrogen) atoms. The molecule has 5 heteroatoms. The summed E-state index contributed by atoms with van der Waals surface area (Å²) in [6, 6.07) is 6.02. The lowest BCUT2D eigenvalue weighted by Gasteiger charge is -2.36. The smallest absolute Gasteiger partial charge is 0.165 e. The first-order chi connectivity index (χ1) is 10.1. The molecule has 0 bridgehead atoms. The quantitative estimate of drug-likeness (QED) is 0.815. The summed E-state index contributed by atoms with van der Waals surface area (Å²) in [5.41, 5.74) is 0.350. The van der Waals surface area contributed by atoms with Crippen LogP contribution < -0.4 is 0 Å². The fourth-order valence-electron chi connectivity index (χ4n) is 3.28. The second kappa shape index (κ2) is 6.02. The molecule has 2 heterocycles. The Kier molecular flexibility index (Phi) is 4.28. The van der Waals surface area contributed by atoms with Crippen LogP contribution in [0.1, 0.15) is 44.4 Å². The standard InChI is InChI=1S/C16H21N3S2/c1-12(2)10-19-15(18-14-6-5-13(9-17)21-14)20-11-16(19)7-3-4-8-16/h5-6,12H,3-4,7-8,10-11H2,1-2H3/b18-15-. The minimum atomic E-state index is 0.350. The van der Waals surface area contributed by atoms with Crippen molar-refractivity contribution >= 4 is 33.3 Å². The largest absolute Gasteiger partial charge is 0.344 e. The van der Waals surface area contributed by atoms with Crippen molar-refractivity contribution in [3.63, 3.8) is 0 Å². The van der Waals surface area contributed by atoms with E-state index in [0.29, 0.717) is 11.5 Å². The number of rotatable bonds is 3. The van der Waals surface area contributed by atoms with E-state index in [1.165, 1.54) is 42.8 Å². The maximum absolute atomic E-state index is 8.95. The Morgan fingerprint density at radius 3 is 2.76 bits per heavy atom. The zero-order valence-electron chi connectivity index (χ0n) is 12.6. The molecule has 1 saturated carbocycles. The maximum atomic E-state index is 8.95. The van der Waals surface area contributed by atoms with E-state index >= 15 is 0 Å². The first-order valence-electron chi connectivity index (χ1n) is 7.62. The van der Waals surface area contributed by atoms with Crippen LogP contribution in [-0.4, -0.2) is 27.9 Å². The van der Waals surface area contributed by atoms with Gasteiger partial charge in [-0.25, -0.2) is 4.99 Å². The summed E-state index contributed by atoms with van der Waals surface area (Å²) in [7, 11) is 0. The van der Waals surface area contributed by atoms with E-state index in [1.54, 1.807) is 0 Å². The molecule has 3 nitrogen and oxygen atoms in total. The predicted molar refractivity (Wildman–Crippen MR) is 91.3 cm³/mol. The molecule has 0 atom stereocenters. The van der Waals surface area contributed by atoms with Gasteiger partial charge in [0.1, 0.15) is 15.9 Å². The third-order valence-electron chi connectivity index (χ3n) is 4.26. The average Bonchev–Trinajstić information content (AvgIpc) is 3.16. The zero-order valence-corrected chi connectivity index (χ0v) is 14.3. The third kappa shape index (κ3) is 2.97. The van der Waals surface area contributed by atoms with Crippen LogP contribution in [-0.2, 0) is 0 Å². The van der Waals surface area contributed by atoms with Crippen molar-refractivity contribution in [1.82, 2.24) is 4.90 Å². The topological polar surface area (TPSA) is 39.4 Å². The van der Waals surface area contributed by atoms with E-state index < -0.39 is 0 Å². The van der Waals surface area contributed by atoms with E-state index in [9.17, 15) is 0 Å². The van der Waals surface area contributed by atoms with Crippen molar-refractivity contribution in [2.75, 3.05) is 12.3 Å². The fraction of sp³-hybridized carbons (Fsp3) is 0.625. The lowest BCUT2D eigenvalue weighted by atomic mass is 9.97. The van der Waals surface area contributed by atoms with Crippen LogP contribution in [0.5, 0.6) is 0 Å². The van der Waals surface area contributed by atoms with Crippen LogP contribution >= 0.6 is 23.1 Å². The van der Waals surface area contributed by atoms with Crippen molar-refractivity contribution in [2.45, 2.75) is 45.1 Å². The van der Waals surface area contributed by atoms with Gasteiger partial charge in [0, 0.05) is 12.3 Å². The molecule has 3 rings (SSSR count). The van der Waals surface area contributed by atoms with Gasteiger partial charge >= 0.3 is 0 Å². The first-order valence-corrected chi connectivity index (χ1v) is 9.42. The van der Waals surface area contributed by atoms with E-state index in [-0.39, 0.29) is 0 Å². The number of thioether (sulfide) groups is 1. The van der Waals surface area contributed by atoms with Crippen molar-refractivity contribution in [1.29, 1.82) is 5.26 Å². The van der Waals surface area contributed by atoms with Crippen LogP contribution in [0.3, 0.4) is 0 Å². The minimum Gasteiger partial charge on any atom is -0.344 e. The van der Waals surface area contributed by atoms with Gasteiger partial charge in [0.15, 0.2) is 5.17 Å². The van der Waals surface area contributed by atoms with Gasteiger partial charge in [-0.15, -0.1) is 11.3 Å². The van der Waals surface area contributed by atoms with Gasteiger partial charge in [0.05, 0.1) is 5.54 Å². The number of amidine groups is 1. The van der Waals surface area contributed by atoms with Crippen LogP contribution in [0, 0.1) is 17.2 Å². The molecule has 0 aromatic carbocycles. The van der Waals surface area contributed by atoms with Crippen LogP contribution in [0.4, 0.5) is 5.00 Å². The average molecular weight is 319 g/mol. The minimum absolute atomic E-state index is 0.350. The zero-order chi connectivity index (χ0) is 14.9. The molecule has 1 aliphatic heterocycles. The predicted octanol–water partition coefficient (Wildman–Crippen LogP) is 4.62. The van der Waals surface area contributed by atoms with Gasteiger partial charge in [0.2, 0.25) is 0 Å². The molecule has 1 aromatic rings. The molecule has 2 aliphatic rings. The molecule has 1 saturated heterocycles. The Bertz CT molecular complexity index is 577. The Labute approximate surface area is 135 Å². The molecule has 0 amide bonds. The number of nitriles is 1. The highest BCUT2D eigenvalue weighted by Gasteiger charge is 2.46. The lowest BCUT2D eigenvalue weighted by Crippen LogP contribution is -2.46. The number of hydrogen-bond acceptors (Lipinski definition) is 4. The number of hydrogen-bond donors (Lipinski definition) is 0. The number of thiophene rings is 1. The van der Waals surface area contributed by atoms with Gasteiger partial charge in [-0.1, -0.05) is 38.5 Å². The molecule has 2 fully saturated rings. The Morgan fingerprint density at radius 2 is 2.14 bits per heavy atom. The summed E-state index contributed by atoms with van der Waals surface area (Å²) in [6.07, 6.45) is 5.30. The van der Waals surface area contributed by atoms with Crippen LogP contribution in [0.2, 0.25) is 0 Å². The summed E-state index contributed by atoms with van der Waals surface area (Å²) >= 11 is 3.38. The van der Waals surface area contributed by atoms with Gasteiger partial charge in [-0.3, -0.25) is 0 Å². The Hall–Kier alpha value is -0.990. The Morgan fingerprint density at radius 1 is 1.38 bits per heavy atom. The molecule has 1 spiro atoms. The molecule has 0 radical (unpaired) electrons. The molecule has 1 aliphatic carbocycles. The van der Waals surface area contributed by atoms with E-state index in [4.69, 9.17) is 10.3 Å². The van der Waals surface area contributed by atoms with Crippen LogP contribution in [0.15, 0.2) is 17.1 Å². The summed E-state index contributed by atoms with van der Waals surface area (Å²) in [4.78, 5) is 8.16. The highest BCUT2D eigenvalue weighted by atomic mass is 32.2. The van der Waals surface area contributed by atoms with Crippen LogP contribution in [0.25, 0.3) is 0 Å². The van der Waals surface area contributed by atoms with E-state index in [2.05, 4.69) is 24.8 Å². The summed E-state index contributed by atoms with van der Waals surface area (Å²) in [5.74, 6) is 1.82. The highest BCUT2D eigenvalue weighted by molar-refractivity contribution is 8.14. The van der Waals surface area contributed by atoms with E-state index in [1.807, 2.05) is 23.9 Å². The third-order valence-corrected chi connectivity index (χ3v) is 6.40. The molecular weight excluding hydrogens is 298 g/mol. The Balaban J connectivity index is 1.88. The summed E-state index contributed by atoms with van der Waals surface area (Å²) in [6.45, 7) is 5.65. The highest BCUT2D eigenvalue weighted by Crippen LogP contribution is 2.45. The second-order valence-corrected chi connectivity index (χ2v) is 8.37. The first kappa shape index (κ1) is 14.9. The van der Waals surface area contributed by atoms with Crippen molar-refractivity contribution < 1.29 is 0 Å². The summed E-state index contributed by atoms with van der Waals surface area (Å²) < 4.78 is 0. The van der Waals surface area contributed by atoms with Gasteiger partial charge in [-0.2, -0.15) is 5.26 Å². The fourth-order valence-corrected chi connectivity index (χ4v) is 5.44. The molecular formula is C16H21N3S2. The van der Waals surface area contributed by atoms with Gasteiger partial charge in [0.25, 0.3) is 0 Å². The number of nitrogens with zero attached hydrogens (tertiary/aromatic N) is 3. The molecule has 1 aromatic heterocycles. The lowest BCUT2D eigenvalue weighted by molar-refractivity contribution is 0.198. The normalized spacial score (nSPS) is 22.6. The number of aliphatic imine (C=N–C) groups is 1. The van der Waals surface area contributed by atoms with Gasteiger partial charge < -0.3 is 4.90 Å². The van der Waals surface area contributed by atoms with E-state index in [0.717, 1.165) is 21.6 Å². The summed E-state index contributed by atoms with van der Waals surface area (Å²) in [5, 5.41) is 11.1. The second-order valence-electron chi connectivity index (χ2n) is 6.37. The van der Waals surface area contributed by atoms with Gasteiger partial charge in [-0.05, 0) is 30.9 Å². The van der Waals surface area contributed by atoms with Crippen molar-refractivity contribution in [2.24, 2.45) is 10.9 Å². The maximum Gasteiger partial charge on any atom is 0.165 e. The van der Waals surface area contributed by atoms with Crippen molar-refractivity contribution in [3.8, 4) is 6.07 Å². The monoisotopic (exact) mass is 319 g/mol.